The Morgan fingerprint density at radius 1 is 1.09 bits per heavy atom. The van der Waals surface area contributed by atoms with Crippen molar-refractivity contribution in [1.29, 1.82) is 0 Å². The van der Waals surface area contributed by atoms with Crippen LogP contribution in [0.4, 0.5) is 15.8 Å². The predicted octanol–water partition coefficient (Wildman–Crippen LogP) is 2.19. The molecule has 2 aromatic carbocycles. The van der Waals surface area contributed by atoms with E-state index in [2.05, 4.69) is 31.1 Å². The van der Waals surface area contributed by atoms with E-state index in [1.54, 1.807) is 0 Å². The highest BCUT2D eigenvalue weighted by Crippen LogP contribution is 2.58. The molecule has 4 aromatic rings. The lowest BCUT2D eigenvalue weighted by molar-refractivity contribution is -0.159. The number of rotatable bonds is 10. The van der Waals surface area contributed by atoms with Crippen molar-refractivity contribution in [3.05, 3.63) is 77.8 Å². The van der Waals surface area contributed by atoms with Crippen LogP contribution in [0, 0.1) is 21.4 Å². The number of nitrogens with zero attached hydrogens (tertiary/aromatic N) is 3. The van der Waals surface area contributed by atoms with E-state index < -0.39 is 39.9 Å². The van der Waals surface area contributed by atoms with Gasteiger partial charge in [0.25, 0.3) is 28.4 Å². The minimum absolute atomic E-state index is 0.0166. The number of amides is 2. The minimum atomic E-state index is -0.787. The zero-order valence-corrected chi connectivity index (χ0v) is 25.6. The second-order valence-corrected chi connectivity index (χ2v) is 12.6. The van der Waals surface area contributed by atoms with Gasteiger partial charge in [-0.05, 0) is 86.8 Å². The Morgan fingerprint density at radius 3 is 2.43 bits per heavy atom. The molecule has 0 spiro atoms. The van der Waals surface area contributed by atoms with Crippen molar-refractivity contribution in [2.24, 2.45) is 10.8 Å². The van der Waals surface area contributed by atoms with Gasteiger partial charge in [0.1, 0.15) is 28.6 Å². The highest BCUT2D eigenvalue weighted by molar-refractivity contribution is 7.71. The molecule has 0 radical (unpaired) electrons. The molecule has 240 valence electrons. The molecule has 16 heteroatoms. The van der Waals surface area contributed by atoms with Crippen molar-refractivity contribution in [2.45, 2.75) is 64.6 Å². The van der Waals surface area contributed by atoms with Crippen LogP contribution in [0.25, 0.3) is 5.78 Å². The van der Waals surface area contributed by atoms with Crippen LogP contribution in [0.2, 0.25) is 0 Å². The van der Waals surface area contributed by atoms with Gasteiger partial charge in [0.2, 0.25) is 4.77 Å². The van der Waals surface area contributed by atoms with Crippen LogP contribution in [0.5, 0.6) is 0 Å². The van der Waals surface area contributed by atoms with Crippen molar-refractivity contribution >= 4 is 47.2 Å². The fourth-order valence-electron chi connectivity index (χ4n) is 6.72. The summed E-state index contributed by atoms with van der Waals surface area (Å²) in [6, 6.07) is 5.23. The Labute approximate surface area is 265 Å². The molecular formula is C30H31FN8O6S. The zero-order valence-electron chi connectivity index (χ0n) is 24.7. The third kappa shape index (κ3) is 5.21. The van der Waals surface area contributed by atoms with Crippen molar-refractivity contribution in [3.63, 3.8) is 0 Å². The summed E-state index contributed by atoms with van der Waals surface area (Å²) in [5, 5.41) is 24.8. The van der Waals surface area contributed by atoms with Gasteiger partial charge in [-0.2, -0.15) is 0 Å². The van der Waals surface area contributed by atoms with Crippen LogP contribution in [0.15, 0.2) is 33.9 Å². The molecule has 2 aromatic heterocycles. The van der Waals surface area contributed by atoms with Gasteiger partial charge in [-0.1, -0.05) is 6.07 Å². The summed E-state index contributed by atoms with van der Waals surface area (Å²) in [5.74, 6) is -2.41. The maximum absolute atomic E-state index is 14.4. The van der Waals surface area contributed by atoms with Crippen molar-refractivity contribution in [2.75, 3.05) is 11.1 Å². The Hall–Kier alpha value is -4.99. The third-order valence-electron chi connectivity index (χ3n) is 9.84. The fourth-order valence-corrected chi connectivity index (χ4v) is 6.95. The first-order valence-corrected chi connectivity index (χ1v) is 15.2. The number of benzene rings is 1. The van der Waals surface area contributed by atoms with E-state index >= 15 is 0 Å². The molecule has 1 atom stereocenters. The van der Waals surface area contributed by atoms with Crippen molar-refractivity contribution in [1.82, 2.24) is 30.2 Å². The Kier molecular flexibility index (Phi) is 7.70. The first-order chi connectivity index (χ1) is 21.8. The van der Waals surface area contributed by atoms with E-state index in [1.165, 1.54) is 28.7 Å². The van der Waals surface area contributed by atoms with Crippen molar-refractivity contribution < 1.29 is 23.9 Å². The molecule has 46 heavy (non-hydrogen) atoms. The third-order valence-corrected chi connectivity index (χ3v) is 10.1. The number of nitrogen functional groups attached to an aromatic ring is 1. The van der Waals surface area contributed by atoms with E-state index in [9.17, 15) is 33.5 Å². The zero-order chi connectivity index (χ0) is 33.0. The predicted molar refractivity (Wildman–Crippen MR) is 166 cm³/mol. The van der Waals surface area contributed by atoms with E-state index in [4.69, 9.17) is 18.0 Å². The molecule has 3 fully saturated rings. The molecule has 0 aliphatic heterocycles. The first-order valence-electron chi connectivity index (χ1n) is 14.7. The van der Waals surface area contributed by atoms with Crippen LogP contribution < -0.4 is 32.5 Å². The number of anilines is 2. The quantitative estimate of drug-likeness (QED) is 0.108. The van der Waals surface area contributed by atoms with E-state index in [0.29, 0.717) is 44.1 Å². The number of halogens is 1. The monoisotopic (exact) mass is 650 g/mol. The number of aliphatic carboxylic acids is 1. The SMILES string of the molecule is CC(NC(=O)c1cc(C(=O)NCc2ccc(F)c(CNc3c(N)c(=O)c3=O)c2)nc2n[nH]c(=S)n12)C12CCC(C(=O)O)(CC1)CC2. The van der Waals surface area contributed by atoms with Crippen LogP contribution in [0.3, 0.4) is 0 Å². The molecule has 0 saturated heterocycles. The van der Waals surface area contributed by atoms with Gasteiger partial charge in [0.05, 0.1) is 5.41 Å². The second kappa shape index (κ2) is 11.4. The summed E-state index contributed by atoms with van der Waals surface area (Å²) >= 11 is 5.32. The molecule has 2 amide bonds. The Balaban J connectivity index is 1.16. The summed E-state index contributed by atoms with van der Waals surface area (Å²) in [7, 11) is 0. The van der Waals surface area contributed by atoms with E-state index in [-0.39, 0.29) is 63.4 Å². The molecule has 3 aliphatic carbocycles. The van der Waals surface area contributed by atoms with Gasteiger partial charge in [0, 0.05) is 24.7 Å². The molecular weight excluding hydrogens is 619 g/mol. The largest absolute Gasteiger partial charge is 0.481 e. The number of carboxylic acid groups (broad SMARTS) is 1. The van der Waals surface area contributed by atoms with Gasteiger partial charge in [-0.15, -0.1) is 5.10 Å². The standard InChI is InChI=1S/C30H31FN8O6S/c1-14(29-4-7-30(8-5-29,9-6-29)26(44)45)35-25(43)19-11-18(36-27-37-38-28(46)39(19)27)24(42)34-12-15-2-3-17(31)16(10-15)13-33-21-20(32)22(40)23(21)41/h2-3,10-11,14,33H,4-9,12-13,32H2,1H3,(H,34,42)(H,35,43)(H,38,46)(H,44,45). The molecule has 7 N–H and O–H groups in total. The second-order valence-electron chi connectivity index (χ2n) is 12.2. The molecule has 3 saturated carbocycles. The van der Waals surface area contributed by atoms with Crippen LogP contribution in [-0.2, 0) is 17.9 Å². The number of carbonyl (C=O) groups is 3. The number of carbonyl (C=O) groups excluding carboxylic acids is 2. The molecule has 2 bridgehead atoms. The van der Waals surface area contributed by atoms with Gasteiger partial charge in [0.15, 0.2) is 0 Å². The molecule has 7 rings (SSSR count). The lowest BCUT2D eigenvalue weighted by atomic mass is 9.52. The van der Waals surface area contributed by atoms with Crippen LogP contribution in [-0.4, -0.2) is 48.5 Å². The number of hydrogen-bond donors (Lipinski definition) is 6. The number of aromatic amines is 1. The molecule has 2 heterocycles. The summed E-state index contributed by atoms with van der Waals surface area (Å²) in [5.41, 5.74) is 3.47. The number of H-pyrrole nitrogens is 1. The number of hydrogen-bond acceptors (Lipinski definition) is 10. The maximum Gasteiger partial charge on any atom is 0.309 e. The van der Waals surface area contributed by atoms with Gasteiger partial charge >= 0.3 is 5.97 Å². The smallest absolute Gasteiger partial charge is 0.309 e. The number of nitrogens with one attached hydrogen (secondary N) is 4. The normalized spacial score (nSPS) is 21.3. The maximum atomic E-state index is 14.4. The molecule has 3 aliphatic rings. The average molecular weight is 651 g/mol. The van der Waals surface area contributed by atoms with Gasteiger partial charge < -0.3 is 26.8 Å². The van der Waals surface area contributed by atoms with E-state index in [0.717, 1.165) is 0 Å². The van der Waals surface area contributed by atoms with Gasteiger partial charge in [-0.25, -0.2) is 18.9 Å². The lowest BCUT2D eigenvalue weighted by Crippen LogP contribution is -2.54. The van der Waals surface area contributed by atoms with Gasteiger partial charge in [-0.3, -0.25) is 24.0 Å². The minimum Gasteiger partial charge on any atom is -0.481 e. The number of aromatic nitrogens is 4. The molecule has 1 unspecified atom stereocenters. The number of carboxylic acids is 1. The summed E-state index contributed by atoms with van der Waals surface area (Å²) in [6.07, 6.45) is 3.78. The Bertz CT molecular complexity index is 2020. The summed E-state index contributed by atoms with van der Waals surface area (Å²) in [4.78, 5) is 66.0. The molecule has 14 nitrogen and oxygen atoms in total. The van der Waals surface area contributed by atoms with Crippen molar-refractivity contribution in [3.8, 4) is 0 Å². The van der Waals surface area contributed by atoms with E-state index in [1.807, 2.05) is 6.92 Å². The highest BCUT2D eigenvalue weighted by Gasteiger charge is 2.54. The highest BCUT2D eigenvalue weighted by atomic mass is 32.1. The lowest BCUT2D eigenvalue weighted by Gasteiger charge is -2.54. The van der Waals surface area contributed by atoms with Crippen LogP contribution >= 0.6 is 12.2 Å². The summed E-state index contributed by atoms with van der Waals surface area (Å²) in [6.45, 7) is 1.78. The van der Waals surface area contributed by atoms with Crippen LogP contribution in [0.1, 0.15) is 77.6 Å². The first kappa shape index (κ1) is 31.0. The Morgan fingerprint density at radius 2 is 1.78 bits per heavy atom. The fraction of sp³-hybridized carbons (Fsp3) is 0.400. The average Bonchev–Trinajstić information content (AvgIpc) is 3.44. The summed E-state index contributed by atoms with van der Waals surface area (Å²) < 4.78 is 15.9. The number of nitrogens with two attached hydrogens (primary N) is 1. The topological polar surface area (TPSA) is 214 Å². The number of fused-ring (bicyclic) bond motifs is 4.